The SMILES string of the molecule is [2H]C([2H])([2H])Oc1ccc2c(c1)C=C1Cn3c-2c(C2([2H])C([2H])([2H])C([2H])([2H])C([2H])([2H])C([2H])([2H])C2([2H])[2H])c2ccc(cc23)C(=O)NS(=O)(=O)N(C([2H])([2H])[2H])C([2H])([2H])C([2H])([2H])OC([2H])([2H])C([2H])([2H])N(C([2H])([2H])[2H])C1=O. The molecule has 4 bridgehead atoms. The summed E-state index contributed by atoms with van der Waals surface area (Å²) >= 11 is 0. The Balaban J connectivity index is 1.88. The van der Waals surface area contributed by atoms with E-state index < -0.39 is 173 Å². The minimum atomic E-state index is -6.33. The van der Waals surface area contributed by atoms with Gasteiger partial charge < -0.3 is 18.9 Å². The molecule has 1 aromatic heterocycles. The Morgan fingerprint density at radius 3 is 2.70 bits per heavy atom. The van der Waals surface area contributed by atoms with Crippen molar-refractivity contribution in [3.63, 3.8) is 0 Å². The van der Waals surface area contributed by atoms with E-state index in [1.165, 1.54) is 4.72 Å². The highest BCUT2D eigenvalue weighted by Gasteiger charge is 2.31. The topological polar surface area (TPSA) is 110 Å². The molecule has 0 unspecified atom stereocenters. The van der Waals surface area contributed by atoms with Crippen LogP contribution in [0.2, 0.25) is 0 Å². The zero-order valence-electron chi connectivity index (χ0n) is 49.4. The second-order valence-electron chi connectivity index (χ2n) is 8.93. The van der Waals surface area contributed by atoms with Crippen molar-refractivity contribution in [1.82, 2.24) is 18.5 Å². The van der Waals surface area contributed by atoms with Crippen LogP contribution < -0.4 is 9.46 Å². The van der Waals surface area contributed by atoms with Crippen LogP contribution in [0.3, 0.4) is 0 Å². The first kappa shape index (κ1) is 11.0. The van der Waals surface area contributed by atoms with Crippen LogP contribution in [0.4, 0.5) is 0 Å². The van der Waals surface area contributed by atoms with Crippen LogP contribution in [0.5, 0.6) is 5.75 Å². The Labute approximate surface area is 291 Å². The van der Waals surface area contributed by atoms with Crippen molar-refractivity contribution >= 4 is 39.0 Å². The second-order valence-corrected chi connectivity index (χ2v) is 10.5. The number of carbonyl (C=O) groups excluding carboxylic acids is 2. The summed E-state index contributed by atoms with van der Waals surface area (Å²) in [6, 6.07) is 4.61. The predicted molar refractivity (Wildman–Crippen MR) is 165 cm³/mol. The number of carbonyl (C=O) groups is 2. The van der Waals surface area contributed by atoms with E-state index in [-0.39, 0.29) is 0 Å². The summed E-state index contributed by atoms with van der Waals surface area (Å²) in [5.74, 6) is -8.73. The number of hydrogen-bond acceptors (Lipinski definition) is 6. The Morgan fingerprint density at radius 2 is 1.91 bits per heavy atom. The van der Waals surface area contributed by atoms with Crippen molar-refractivity contribution in [3.8, 4) is 17.0 Å². The lowest BCUT2D eigenvalue weighted by Crippen LogP contribution is -2.42. The zero-order valence-corrected chi connectivity index (χ0v) is 22.3. The van der Waals surface area contributed by atoms with Crippen molar-refractivity contribution in [2.45, 2.75) is 44.3 Å². The number of amides is 2. The first-order valence-electron chi connectivity index (χ1n) is 26.0. The smallest absolute Gasteiger partial charge is 0.303 e. The number of methoxy groups -OCH3 is 1. The summed E-state index contributed by atoms with van der Waals surface area (Å²) in [4.78, 5) is 28.1. The number of rotatable bonds is 2. The lowest BCUT2D eigenvalue weighted by Gasteiger charge is -2.24. The van der Waals surface area contributed by atoms with E-state index in [9.17, 15) is 19.4 Å². The molecule has 0 atom stereocenters. The fraction of sp³-hybridized carbons (Fsp3) is 0.438. The molecule has 6 rings (SSSR count). The average Bonchev–Trinajstić information content (AvgIpc) is 3.36. The standard InChI is InChI=1S/C32H38N4O6S/c1-34-13-15-42-16-14-35(2)43(39,40)33-31(37)22-9-11-27-28(19-22)36-20-24(32(34)38)17-23-18-25(41-3)10-12-26(23)30(36)29(27)21-7-5-4-6-8-21/h9-12,17-19,21H,4-8,13-16,20H2,1-3H3,(H,33,37)/i1D3,2D3,3D3,4D2,5D2,6D2,7D2,8D2,13D2,14D2,15D2,16D2,21D. The molecule has 3 aliphatic rings. The van der Waals surface area contributed by atoms with Gasteiger partial charge in [0.2, 0.25) is 0 Å². The Morgan fingerprint density at radius 1 is 1.07 bits per heavy atom. The van der Waals surface area contributed by atoms with E-state index in [0.717, 1.165) is 22.8 Å². The molecule has 1 saturated carbocycles. The van der Waals surface area contributed by atoms with Gasteiger partial charge in [-0.15, -0.1) is 0 Å². The molecule has 0 saturated heterocycles. The number of hydrogen-bond donors (Lipinski definition) is 1. The van der Waals surface area contributed by atoms with E-state index in [2.05, 4.69) is 4.74 Å². The van der Waals surface area contributed by atoms with Gasteiger partial charge in [0, 0.05) is 80.6 Å². The summed E-state index contributed by atoms with van der Waals surface area (Å²) in [6.45, 7) is -28.7. The van der Waals surface area contributed by atoms with Crippen LogP contribution in [-0.4, -0.2) is 81.1 Å². The molecule has 0 radical (unpaired) electrons. The lowest BCUT2D eigenvalue weighted by molar-refractivity contribution is -0.126. The van der Waals surface area contributed by atoms with Gasteiger partial charge in [0.15, 0.2) is 0 Å². The molecule has 228 valence electrons. The van der Waals surface area contributed by atoms with Crippen LogP contribution in [0.25, 0.3) is 28.2 Å². The fourth-order valence-electron chi connectivity index (χ4n) is 4.67. The molecule has 1 fully saturated rings. The highest BCUT2D eigenvalue weighted by Crippen LogP contribution is 2.47. The monoisotopic (exact) mass is 634 g/mol. The Bertz CT molecular complexity index is 2850. The molecule has 11 heteroatoms. The predicted octanol–water partition coefficient (Wildman–Crippen LogP) is 4.16. The van der Waals surface area contributed by atoms with Gasteiger partial charge in [0.1, 0.15) is 5.75 Å². The molecular weight excluding hydrogens is 568 g/mol. The molecular formula is C32H38N4O6S. The summed E-state index contributed by atoms with van der Waals surface area (Å²) in [6.07, 6.45) is -20.2. The molecule has 3 heterocycles. The first-order chi connectivity index (χ1) is 31.3. The second kappa shape index (κ2) is 11.8. The van der Waals surface area contributed by atoms with Gasteiger partial charge in [-0.2, -0.15) is 12.7 Å². The number of nitrogens with one attached hydrogen (secondary N) is 1. The van der Waals surface area contributed by atoms with Crippen molar-refractivity contribution in [2.75, 3.05) is 47.1 Å². The third-order valence-electron chi connectivity index (χ3n) is 6.48. The molecule has 3 aromatic rings. The fourth-order valence-corrected chi connectivity index (χ4v) is 5.27. The molecule has 0 spiro atoms. The Kier molecular flexibility index (Phi) is 3.03. The van der Waals surface area contributed by atoms with Gasteiger partial charge in [-0.25, -0.2) is 4.72 Å². The summed E-state index contributed by atoms with van der Waals surface area (Å²) < 4.78 is 275. The molecule has 2 aliphatic heterocycles. The van der Waals surface area contributed by atoms with Crippen LogP contribution in [0, 0.1) is 0 Å². The van der Waals surface area contributed by atoms with Crippen LogP contribution in [0.15, 0.2) is 42.0 Å². The van der Waals surface area contributed by atoms with E-state index in [1.807, 2.05) is 0 Å². The summed E-state index contributed by atoms with van der Waals surface area (Å²) in [5, 5.41) is -0.710. The van der Waals surface area contributed by atoms with Gasteiger partial charge in [0.05, 0.1) is 44.7 Å². The lowest BCUT2D eigenvalue weighted by atomic mass is 9.81. The number of fused-ring (bicyclic) bond motifs is 4. The number of benzene rings is 2. The molecule has 43 heavy (non-hydrogen) atoms. The summed E-state index contributed by atoms with van der Waals surface area (Å²) in [5.41, 5.74) is -5.67. The third kappa shape index (κ3) is 5.57. The molecule has 1 aliphatic carbocycles. The molecule has 10 nitrogen and oxygen atoms in total. The molecule has 1 N–H and O–H groups in total. The average molecular weight is 635 g/mol. The van der Waals surface area contributed by atoms with E-state index in [1.54, 1.807) is 0 Å². The molecule has 2 amide bonds. The van der Waals surface area contributed by atoms with Gasteiger partial charge in [-0.1, -0.05) is 25.2 Å². The van der Waals surface area contributed by atoms with Crippen LogP contribution in [-0.2, 0) is 26.3 Å². The third-order valence-corrected chi connectivity index (χ3v) is 7.49. The number of aromatic nitrogens is 1. The maximum Gasteiger partial charge on any atom is 0.303 e. The van der Waals surface area contributed by atoms with Crippen molar-refractivity contribution in [2.24, 2.45) is 0 Å². The highest BCUT2D eigenvalue weighted by atomic mass is 32.2. The summed E-state index contributed by atoms with van der Waals surface area (Å²) in [7, 11) is -9.58. The zero-order chi connectivity index (χ0) is 54.9. The van der Waals surface area contributed by atoms with Gasteiger partial charge >= 0.3 is 10.2 Å². The largest absolute Gasteiger partial charge is 0.497 e. The van der Waals surface area contributed by atoms with Gasteiger partial charge in [-0.05, 0) is 66.2 Å². The Hall–Kier alpha value is -3.67. The van der Waals surface area contributed by atoms with Crippen LogP contribution in [0.1, 0.15) is 97.6 Å². The molecule has 2 aromatic carbocycles. The van der Waals surface area contributed by atoms with Gasteiger partial charge in [-0.3, -0.25) is 9.59 Å². The van der Waals surface area contributed by atoms with Gasteiger partial charge in [0.25, 0.3) is 11.8 Å². The minimum absolute atomic E-state index is 0.501. The van der Waals surface area contributed by atoms with E-state index in [0.29, 0.717) is 24.3 Å². The maximum atomic E-state index is 15.0. The normalized spacial score (nSPS) is 42.2. The van der Waals surface area contributed by atoms with E-state index >= 15 is 0 Å². The quantitative estimate of drug-likeness (QED) is 0.454. The maximum absolute atomic E-state index is 15.0. The number of ether oxygens (including phenoxy) is 2. The number of nitrogens with zero attached hydrogens (tertiary/aromatic N) is 3. The minimum Gasteiger partial charge on any atom is -0.497 e. The number of likely N-dealkylation sites (N-methyl/N-ethyl adjacent to an activating group) is 2. The van der Waals surface area contributed by atoms with E-state index in [4.69, 9.17) is 41.7 Å². The van der Waals surface area contributed by atoms with Crippen molar-refractivity contribution < 1.29 is 65.9 Å². The highest BCUT2D eigenvalue weighted by molar-refractivity contribution is 7.87. The first-order valence-corrected chi connectivity index (χ1v) is 13.4. The van der Waals surface area contributed by atoms with Crippen molar-refractivity contribution in [3.05, 3.63) is 58.7 Å². The van der Waals surface area contributed by atoms with Crippen molar-refractivity contribution in [1.29, 1.82) is 0 Å². The van der Waals surface area contributed by atoms with Crippen LogP contribution >= 0.6 is 0 Å².